The molecule has 4 heteroatoms. The molecule has 0 spiro atoms. The fourth-order valence-electron chi connectivity index (χ4n) is 1.31. The first-order valence-corrected chi connectivity index (χ1v) is 5.56. The van der Waals surface area contributed by atoms with E-state index in [4.69, 9.17) is 16.3 Å². The Labute approximate surface area is 101 Å². The van der Waals surface area contributed by atoms with E-state index in [0.717, 1.165) is 5.56 Å². The van der Waals surface area contributed by atoms with Gasteiger partial charge in [0.15, 0.2) is 0 Å². The average molecular weight is 242 g/mol. The molecule has 0 aromatic heterocycles. The summed E-state index contributed by atoms with van der Waals surface area (Å²) < 4.78 is 5.08. The molecule has 0 aliphatic carbocycles. The first-order valence-electron chi connectivity index (χ1n) is 5.13. The molecule has 1 amide bonds. The Morgan fingerprint density at radius 3 is 2.69 bits per heavy atom. The second kappa shape index (κ2) is 5.75. The van der Waals surface area contributed by atoms with Gasteiger partial charge in [0.2, 0.25) is 5.91 Å². The van der Waals surface area contributed by atoms with Crippen LogP contribution in [0.3, 0.4) is 0 Å². The van der Waals surface area contributed by atoms with E-state index in [9.17, 15) is 4.79 Å². The Morgan fingerprint density at radius 2 is 2.12 bits per heavy atom. The lowest BCUT2D eigenvalue weighted by Gasteiger charge is -2.13. The molecule has 0 heterocycles. The van der Waals surface area contributed by atoms with Crippen molar-refractivity contribution >= 4 is 17.5 Å². The highest BCUT2D eigenvalue weighted by atomic mass is 35.5. The minimum atomic E-state index is -0.683. The first-order chi connectivity index (χ1) is 7.54. The molecule has 3 nitrogen and oxygen atoms in total. The van der Waals surface area contributed by atoms with Crippen molar-refractivity contribution in [3.63, 3.8) is 0 Å². The van der Waals surface area contributed by atoms with Gasteiger partial charge in [-0.15, -0.1) is 11.6 Å². The summed E-state index contributed by atoms with van der Waals surface area (Å²) in [5.74, 6) is 0.505. The SMILES string of the molecule is COc1cccc(C(Cl)C(=O)NC(C)C)c1. The zero-order valence-electron chi connectivity index (χ0n) is 9.66. The summed E-state index contributed by atoms with van der Waals surface area (Å²) in [6.07, 6.45) is 0. The third kappa shape index (κ3) is 3.42. The van der Waals surface area contributed by atoms with Crippen molar-refractivity contribution in [2.24, 2.45) is 0 Å². The van der Waals surface area contributed by atoms with Crippen LogP contribution in [0, 0.1) is 0 Å². The highest BCUT2D eigenvalue weighted by Gasteiger charge is 2.18. The maximum absolute atomic E-state index is 11.7. The number of halogens is 1. The lowest BCUT2D eigenvalue weighted by Crippen LogP contribution is -2.32. The van der Waals surface area contributed by atoms with Crippen molar-refractivity contribution in [2.75, 3.05) is 7.11 Å². The normalized spacial score (nSPS) is 12.3. The number of methoxy groups -OCH3 is 1. The number of amides is 1. The number of carbonyl (C=O) groups excluding carboxylic acids is 1. The summed E-state index contributed by atoms with van der Waals surface area (Å²) in [5, 5.41) is 2.08. The van der Waals surface area contributed by atoms with Crippen molar-refractivity contribution in [1.82, 2.24) is 5.32 Å². The highest BCUT2D eigenvalue weighted by Crippen LogP contribution is 2.24. The van der Waals surface area contributed by atoms with E-state index < -0.39 is 5.38 Å². The van der Waals surface area contributed by atoms with Crippen LogP contribution in [0.5, 0.6) is 5.75 Å². The number of benzene rings is 1. The molecule has 0 aliphatic heterocycles. The van der Waals surface area contributed by atoms with E-state index in [1.807, 2.05) is 26.0 Å². The van der Waals surface area contributed by atoms with Crippen molar-refractivity contribution in [1.29, 1.82) is 0 Å². The smallest absolute Gasteiger partial charge is 0.242 e. The number of nitrogens with one attached hydrogen (secondary N) is 1. The molecule has 88 valence electrons. The van der Waals surface area contributed by atoms with Gasteiger partial charge in [-0.3, -0.25) is 4.79 Å². The molecule has 1 aromatic rings. The van der Waals surface area contributed by atoms with Crippen LogP contribution < -0.4 is 10.1 Å². The zero-order valence-corrected chi connectivity index (χ0v) is 10.4. The van der Waals surface area contributed by atoms with Crippen molar-refractivity contribution < 1.29 is 9.53 Å². The van der Waals surface area contributed by atoms with E-state index in [1.165, 1.54) is 0 Å². The average Bonchev–Trinajstić information content (AvgIpc) is 2.27. The number of ether oxygens (including phenoxy) is 1. The van der Waals surface area contributed by atoms with Gasteiger partial charge >= 0.3 is 0 Å². The predicted octanol–water partition coefficient (Wildman–Crippen LogP) is 2.50. The molecule has 0 aliphatic rings. The minimum Gasteiger partial charge on any atom is -0.497 e. The van der Waals surface area contributed by atoms with Crippen LogP contribution in [0.1, 0.15) is 24.8 Å². The summed E-state index contributed by atoms with van der Waals surface area (Å²) in [7, 11) is 1.58. The van der Waals surface area contributed by atoms with Crippen LogP contribution in [0.15, 0.2) is 24.3 Å². The summed E-state index contributed by atoms with van der Waals surface area (Å²) >= 11 is 6.06. The Bertz CT molecular complexity index is 366. The molecular weight excluding hydrogens is 226 g/mol. The Balaban J connectivity index is 2.79. The van der Waals surface area contributed by atoms with E-state index in [2.05, 4.69) is 5.32 Å². The second-order valence-electron chi connectivity index (χ2n) is 3.80. The minimum absolute atomic E-state index is 0.0827. The monoisotopic (exact) mass is 241 g/mol. The lowest BCUT2D eigenvalue weighted by molar-refractivity contribution is -0.121. The highest BCUT2D eigenvalue weighted by molar-refractivity contribution is 6.30. The third-order valence-corrected chi connectivity index (χ3v) is 2.50. The molecular formula is C12H16ClNO2. The van der Waals surface area contributed by atoms with Crippen LogP contribution in [-0.4, -0.2) is 19.1 Å². The number of hydrogen-bond donors (Lipinski definition) is 1. The number of carbonyl (C=O) groups is 1. The predicted molar refractivity (Wildman–Crippen MR) is 64.9 cm³/mol. The Hall–Kier alpha value is -1.22. The second-order valence-corrected chi connectivity index (χ2v) is 4.24. The number of rotatable bonds is 4. The summed E-state index contributed by atoms with van der Waals surface area (Å²) in [6, 6.07) is 7.27. The zero-order chi connectivity index (χ0) is 12.1. The van der Waals surface area contributed by atoms with Crippen molar-refractivity contribution in [2.45, 2.75) is 25.3 Å². The van der Waals surface area contributed by atoms with Gasteiger partial charge in [-0.05, 0) is 31.5 Å². The van der Waals surface area contributed by atoms with Crippen LogP contribution >= 0.6 is 11.6 Å². The van der Waals surface area contributed by atoms with Gasteiger partial charge < -0.3 is 10.1 Å². The molecule has 1 aromatic carbocycles. The Kier molecular flexibility index (Phi) is 4.62. The molecule has 1 N–H and O–H groups in total. The van der Waals surface area contributed by atoms with Crippen LogP contribution in [-0.2, 0) is 4.79 Å². The van der Waals surface area contributed by atoms with Crippen LogP contribution in [0.4, 0.5) is 0 Å². The molecule has 0 radical (unpaired) electrons. The van der Waals surface area contributed by atoms with E-state index >= 15 is 0 Å². The van der Waals surface area contributed by atoms with Crippen molar-refractivity contribution in [3.05, 3.63) is 29.8 Å². The van der Waals surface area contributed by atoms with Crippen molar-refractivity contribution in [3.8, 4) is 5.75 Å². The number of hydrogen-bond acceptors (Lipinski definition) is 2. The molecule has 1 unspecified atom stereocenters. The summed E-state index contributed by atoms with van der Waals surface area (Å²) in [4.78, 5) is 11.7. The van der Waals surface area contributed by atoms with Gasteiger partial charge in [0.05, 0.1) is 7.11 Å². The van der Waals surface area contributed by atoms with E-state index in [1.54, 1.807) is 19.2 Å². The van der Waals surface area contributed by atoms with Gasteiger partial charge in [0.1, 0.15) is 11.1 Å². The molecule has 0 saturated carbocycles. The molecule has 0 bridgehead atoms. The van der Waals surface area contributed by atoms with Gasteiger partial charge in [-0.2, -0.15) is 0 Å². The van der Waals surface area contributed by atoms with Gasteiger partial charge in [-0.1, -0.05) is 12.1 Å². The molecule has 0 saturated heterocycles. The fourth-order valence-corrected chi connectivity index (χ4v) is 1.51. The molecule has 1 rings (SSSR count). The largest absolute Gasteiger partial charge is 0.497 e. The number of alkyl halides is 1. The molecule has 1 atom stereocenters. The summed E-state index contributed by atoms with van der Waals surface area (Å²) in [5.41, 5.74) is 0.735. The quantitative estimate of drug-likeness (QED) is 0.823. The third-order valence-electron chi connectivity index (χ3n) is 2.05. The maximum Gasteiger partial charge on any atom is 0.242 e. The van der Waals surface area contributed by atoms with E-state index in [0.29, 0.717) is 5.75 Å². The molecule has 16 heavy (non-hydrogen) atoms. The van der Waals surface area contributed by atoms with E-state index in [-0.39, 0.29) is 11.9 Å². The first kappa shape index (κ1) is 12.8. The topological polar surface area (TPSA) is 38.3 Å². The lowest BCUT2D eigenvalue weighted by atomic mass is 10.1. The fraction of sp³-hybridized carbons (Fsp3) is 0.417. The van der Waals surface area contributed by atoms with Gasteiger partial charge in [0, 0.05) is 6.04 Å². The summed E-state index contributed by atoms with van der Waals surface area (Å²) in [6.45, 7) is 3.79. The van der Waals surface area contributed by atoms with Crippen LogP contribution in [0.25, 0.3) is 0 Å². The van der Waals surface area contributed by atoms with Crippen LogP contribution in [0.2, 0.25) is 0 Å². The molecule has 0 fully saturated rings. The van der Waals surface area contributed by atoms with Gasteiger partial charge in [-0.25, -0.2) is 0 Å². The standard InChI is InChI=1S/C12H16ClNO2/c1-8(2)14-12(15)11(13)9-5-4-6-10(7-9)16-3/h4-8,11H,1-3H3,(H,14,15). The maximum atomic E-state index is 11.7. The van der Waals surface area contributed by atoms with Gasteiger partial charge in [0.25, 0.3) is 0 Å². The Morgan fingerprint density at radius 1 is 1.44 bits per heavy atom.